The van der Waals surface area contributed by atoms with E-state index in [-0.39, 0.29) is 11.8 Å². The van der Waals surface area contributed by atoms with E-state index in [0.717, 1.165) is 11.3 Å². The Labute approximate surface area is 175 Å². The van der Waals surface area contributed by atoms with Gasteiger partial charge in [0.2, 0.25) is 5.91 Å². The molecule has 0 saturated heterocycles. The second kappa shape index (κ2) is 8.29. The molecule has 3 aromatic rings. The molecule has 1 N–H and O–H groups in total. The Balaban J connectivity index is 1.65. The fraction of sp³-hybridized carbons (Fsp3) is 0.167. The predicted octanol–water partition coefficient (Wildman–Crippen LogP) is 3.91. The lowest BCUT2D eigenvalue weighted by atomic mass is 10.1. The summed E-state index contributed by atoms with van der Waals surface area (Å²) in [5.41, 5.74) is 2.78. The van der Waals surface area contributed by atoms with Gasteiger partial charge in [-0.3, -0.25) is 14.5 Å². The SMILES string of the molecule is COc1ccc(NC(=O)[C@@H]2Cc3ccccc3N2C(=O)c2ccccc2)c(OC)c1. The lowest BCUT2D eigenvalue weighted by Crippen LogP contribution is -2.45. The quantitative estimate of drug-likeness (QED) is 0.703. The van der Waals surface area contributed by atoms with E-state index in [4.69, 9.17) is 9.47 Å². The predicted molar refractivity (Wildman–Crippen MR) is 115 cm³/mol. The van der Waals surface area contributed by atoms with Crippen molar-refractivity contribution in [3.63, 3.8) is 0 Å². The number of amides is 2. The van der Waals surface area contributed by atoms with Crippen LogP contribution in [0.25, 0.3) is 0 Å². The Bertz CT molecular complexity index is 1080. The molecule has 1 aliphatic rings. The number of rotatable bonds is 5. The number of methoxy groups -OCH3 is 2. The Hall–Kier alpha value is -3.80. The highest BCUT2D eigenvalue weighted by atomic mass is 16.5. The van der Waals surface area contributed by atoms with Gasteiger partial charge in [0.25, 0.3) is 5.91 Å². The number of carbonyl (C=O) groups is 2. The molecule has 0 radical (unpaired) electrons. The number of nitrogens with zero attached hydrogens (tertiary/aromatic N) is 1. The number of carbonyl (C=O) groups excluding carboxylic acids is 2. The molecule has 0 bridgehead atoms. The first-order chi connectivity index (χ1) is 14.6. The first-order valence-electron chi connectivity index (χ1n) is 9.61. The van der Waals surface area contributed by atoms with Crippen LogP contribution in [-0.4, -0.2) is 32.1 Å². The first kappa shape index (κ1) is 19.5. The highest BCUT2D eigenvalue weighted by Crippen LogP contribution is 2.35. The minimum atomic E-state index is -0.665. The minimum Gasteiger partial charge on any atom is -0.497 e. The Morgan fingerprint density at radius 2 is 1.67 bits per heavy atom. The smallest absolute Gasteiger partial charge is 0.259 e. The van der Waals surface area contributed by atoms with Crippen molar-refractivity contribution < 1.29 is 19.1 Å². The average molecular weight is 402 g/mol. The van der Waals surface area contributed by atoms with Gasteiger partial charge in [0.15, 0.2) is 0 Å². The molecule has 152 valence electrons. The van der Waals surface area contributed by atoms with Crippen molar-refractivity contribution in [2.75, 3.05) is 24.4 Å². The number of hydrogen-bond acceptors (Lipinski definition) is 4. The molecule has 0 unspecified atom stereocenters. The van der Waals surface area contributed by atoms with Crippen LogP contribution >= 0.6 is 0 Å². The third-order valence-corrected chi connectivity index (χ3v) is 5.18. The lowest BCUT2D eigenvalue weighted by molar-refractivity contribution is -0.117. The number of nitrogens with one attached hydrogen (secondary N) is 1. The van der Waals surface area contributed by atoms with Crippen molar-refractivity contribution >= 4 is 23.2 Å². The molecule has 1 aliphatic heterocycles. The number of fused-ring (bicyclic) bond motifs is 1. The summed E-state index contributed by atoms with van der Waals surface area (Å²) in [7, 11) is 3.09. The zero-order valence-corrected chi connectivity index (χ0v) is 16.8. The maximum Gasteiger partial charge on any atom is 0.259 e. The van der Waals surface area contributed by atoms with Crippen molar-refractivity contribution in [1.29, 1.82) is 0 Å². The average Bonchev–Trinajstić information content (AvgIpc) is 3.19. The second-order valence-electron chi connectivity index (χ2n) is 6.95. The molecule has 3 aromatic carbocycles. The molecular weight excluding hydrogens is 380 g/mol. The van der Waals surface area contributed by atoms with Gasteiger partial charge in [0.1, 0.15) is 17.5 Å². The summed E-state index contributed by atoms with van der Waals surface area (Å²) in [4.78, 5) is 28.1. The van der Waals surface area contributed by atoms with E-state index in [9.17, 15) is 9.59 Å². The first-order valence-corrected chi connectivity index (χ1v) is 9.61. The fourth-order valence-corrected chi connectivity index (χ4v) is 3.68. The van der Waals surface area contributed by atoms with Crippen LogP contribution in [0.1, 0.15) is 15.9 Å². The largest absolute Gasteiger partial charge is 0.497 e. The third kappa shape index (κ3) is 3.59. The van der Waals surface area contributed by atoms with Gasteiger partial charge in [-0.2, -0.15) is 0 Å². The van der Waals surface area contributed by atoms with Gasteiger partial charge in [-0.05, 0) is 35.9 Å². The number of benzene rings is 3. The van der Waals surface area contributed by atoms with Crippen molar-refractivity contribution in [3.8, 4) is 11.5 Å². The summed E-state index contributed by atoms with van der Waals surface area (Å²) in [6, 6.07) is 21.1. The molecule has 0 aliphatic carbocycles. The molecular formula is C24H22N2O4. The maximum atomic E-state index is 13.3. The van der Waals surface area contributed by atoms with E-state index in [1.165, 1.54) is 7.11 Å². The van der Waals surface area contributed by atoms with Crippen LogP contribution in [0.2, 0.25) is 0 Å². The van der Waals surface area contributed by atoms with Crippen molar-refractivity contribution in [1.82, 2.24) is 0 Å². The van der Waals surface area contributed by atoms with Gasteiger partial charge in [-0.15, -0.1) is 0 Å². The van der Waals surface area contributed by atoms with Gasteiger partial charge >= 0.3 is 0 Å². The Kier molecular flexibility index (Phi) is 5.39. The normalized spacial score (nSPS) is 14.7. The van der Waals surface area contributed by atoms with E-state index in [0.29, 0.717) is 29.2 Å². The molecule has 0 saturated carbocycles. The topological polar surface area (TPSA) is 67.9 Å². The van der Waals surface area contributed by atoms with Crippen LogP contribution in [0.3, 0.4) is 0 Å². The van der Waals surface area contributed by atoms with Gasteiger partial charge in [-0.1, -0.05) is 36.4 Å². The Morgan fingerprint density at radius 3 is 2.40 bits per heavy atom. The van der Waals surface area contributed by atoms with E-state index in [1.807, 2.05) is 42.5 Å². The number of hydrogen-bond donors (Lipinski definition) is 1. The van der Waals surface area contributed by atoms with E-state index in [2.05, 4.69) is 5.32 Å². The zero-order chi connectivity index (χ0) is 21.1. The van der Waals surface area contributed by atoms with Crippen LogP contribution in [0, 0.1) is 0 Å². The van der Waals surface area contributed by atoms with Crippen molar-refractivity contribution in [2.24, 2.45) is 0 Å². The fourth-order valence-electron chi connectivity index (χ4n) is 3.68. The van der Waals surface area contributed by atoms with E-state index >= 15 is 0 Å². The van der Waals surface area contributed by atoms with Gasteiger partial charge in [0, 0.05) is 23.7 Å². The van der Waals surface area contributed by atoms with Gasteiger partial charge < -0.3 is 14.8 Å². The molecule has 1 heterocycles. The molecule has 0 aromatic heterocycles. The van der Waals surface area contributed by atoms with Crippen LogP contribution in [0.15, 0.2) is 72.8 Å². The second-order valence-corrected chi connectivity index (χ2v) is 6.95. The monoisotopic (exact) mass is 402 g/mol. The van der Waals surface area contributed by atoms with Crippen LogP contribution < -0.4 is 19.7 Å². The van der Waals surface area contributed by atoms with Crippen LogP contribution in [-0.2, 0) is 11.2 Å². The molecule has 0 spiro atoms. The number of ether oxygens (including phenoxy) is 2. The molecule has 6 heteroatoms. The minimum absolute atomic E-state index is 0.206. The van der Waals surface area contributed by atoms with Crippen LogP contribution in [0.5, 0.6) is 11.5 Å². The van der Waals surface area contributed by atoms with E-state index < -0.39 is 6.04 Å². The Morgan fingerprint density at radius 1 is 0.933 bits per heavy atom. The van der Waals surface area contributed by atoms with Gasteiger partial charge in [-0.25, -0.2) is 0 Å². The maximum absolute atomic E-state index is 13.3. The van der Waals surface area contributed by atoms with Crippen molar-refractivity contribution in [2.45, 2.75) is 12.5 Å². The van der Waals surface area contributed by atoms with E-state index in [1.54, 1.807) is 42.3 Å². The standard InChI is InChI=1S/C24H22N2O4/c1-29-18-12-13-19(22(15-18)30-2)25-23(27)21-14-17-10-6-7-11-20(17)26(21)24(28)16-8-4-3-5-9-16/h3-13,15,21H,14H2,1-2H3,(H,25,27)/t21-/m0/s1. The number of anilines is 2. The molecule has 2 amide bonds. The molecule has 6 nitrogen and oxygen atoms in total. The van der Waals surface area contributed by atoms with Crippen LogP contribution in [0.4, 0.5) is 11.4 Å². The summed E-state index contributed by atoms with van der Waals surface area (Å²) in [6.45, 7) is 0. The van der Waals surface area contributed by atoms with Gasteiger partial charge in [0.05, 0.1) is 19.9 Å². The van der Waals surface area contributed by atoms with Crippen molar-refractivity contribution in [3.05, 3.63) is 83.9 Å². The highest BCUT2D eigenvalue weighted by Gasteiger charge is 2.38. The third-order valence-electron chi connectivity index (χ3n) is 5.18. The lowest BCUT2D eigenvalue weighted by Gasteiger charge is -2.25. The number of para-hydroxylation sites is 1. The zero-order valence-electron chi connectivity index (χ0n) is 16.8. The summed E-state index contributed by atoms with van der Waals surface area (Å²) in [6.07, 6.45) is 0.444. The summed E-state index contributed by atoms with van der Waals surface area (Å²) >= 11 is 0. The molecule has 0 fully saturated rings. The molecule has 30 heavy (non-hydrogen) atoms. The molecule has 1 atom stereocenters. The molecule has 4 rings (SSSR count). The summed E-state index contributed by atoms with van der Waals surface area (Å²) in [5, 5.41) is 2.91. The highest BCUT2D eigenvalue weighted by molar-refractivity contribution is 6.13. The summed E-state index contributed by atoms with van der Waals surface area (Å²) < 4.78 is 10.6. The summed E-state index contributed by atoms with van der Waals surface area (Å²) in [5.74, 6) is 0.625.